The maximum atomic E-state index is 14.3. The number of Topliss-reactive ketones (excluding diaryl/α,β-unsaturated/α-hetero) is 1. The van der Waals surface area contributed by atoms with Crippen LogP contribution in [0, 0.1) is 23.2 Å². The Bertz CT molecular complexity index is 1180. The second-order valence-corrected chi connectivity index (χ2v) is 13.0. The number of nitrogens with zero attached hydrogens (tertiary/aromatic N) is 1. The number of rotatable bonds is 9. The summed E-state index contributed by atoms with van der Waals surface area (Å²) in [6.45, 7) is 11.6. The van der Waals surface area contributed by atoms with Crippen molar-refractivity contribution < 1.29 is 28.7 Å². The Kier molecular flexibility index (Phi) is 8.02. The maximum Gasteiger partial charge on any atom is 0.408 e. The highest BCUT2D eigenvalue weighted by Crippen LogP contribution is 2.65. The van der Waals surface area contributed by atoms with Crippen molar-refractivity contribution in [3.8, 4) is 0 Å². The number of benzene rings is 1. The molecule has 4 amide bonds. The minimum absolute atomic E-state index is 0.103. The Morgan fingerprint density at radius 2 is 1.68 bits per heavy atom. The van der Waals surface area contributed by atoms with E-state index in [9.17, 15) is 24.0 Å². The Labute approximate surface area is 235 Å². The molecule has 1 aromatic carbocycles. The lowest BCUT2D eigenvalue weighted by Crippen LogP contribution is -2.59. The minimum Gasteiger partial charge on any atom is -0.444 e. The van der Waals surface area contributed by atoms with Crippen LogP contribution in [0.4, 0.5) is 4.79 Å². The van der Waals surface area contributed by atoms with E-state index in [-0.39, 0.29) is 35.5 Å². The van der Waals surface area contributed by atoms with Gasteiger partial charge in [-0.2, -0.15) is 0 Å². The van der Waals surface area contributed by atoms with E-state index in [2.05, 4.69) is 24.5 Å². The molecule has 10 heteroatoms. The number of hydrogen-bond acceptors (Lipinski definition) is 6. The molecule has 5 atom stereocenters. The zero-order valence-electron chi connectivity index (χ0n) is 24.3. The third-order valence-electron chi connectivity index (χ3n) is 8.71. The molecule has 0 radical (unpaired) electrons. The summed E-state index contributed by atoms with van der Waals surface area (Å²) >= 11 is 0. The SMILES string of the molecule is CCCC(NC(=O)[C@@H]1C2C(CN1C(=O)C(NC(=O)OC(C)(C)C)C1Cc3ccccc3C1)C2(C)C)C(=O)C(N)=O. The van der Waals surface area contributed by atoms with Gasteiger partial charge in [-0.3, -0.25) is 19.2 Å². The lowest BCUT2D eigenvalue weighted by atomic mass is 9.93. The number of carbonyl (C=O) groups is 5. The van der Waals surface area contributed by atoms with Crippen molar-refractivity contribution in [2.45, 2.75) is 91.0 Å². The highest BCUT2D eigenvalue weighted by atomic mass is 16.6. The fraction of sp³-hybridized carbons (Fsp3) is 0.633. The average Bonchev–Trinajstić information content (AvgIpc) is 3.24. The quantitative estimate of drug-likeness (QED) is 0.398. The third-order valence-corrected chi connectivity index (χ3v) is 8.71. The molecule has 1 heterocycles. The molecule has 40 heavy (non-hydrogen) atoms. The predicted octanol–water partition coefficient (Wildman–Crippen LogP) is 2.12. The molecule has 0 bridgehead atoms. The van der Waals surface area contributed by atoms with Crippen LogP contribution < -0.4 is 16.4 Å². The first kappa shape index (κ1) is 29.6. The monoisotopic (exact) mass is 554 g/mol. The first-order valence-corrected chi connectivity index (χ1v) is 14.2. The van der Waals surface area contributed by atoms with Crippen LogP contribution in [0.1, 0.15) is 65.5 Å². The van der Waals surface area contributed by atoms with Gasteiger partial charge in [-0.15, -0.1) is 0 Å². The molecule has 3 aliphatic rings. The highest BCUT2D eigenvalue weighted by Gasteiger charge is 2.69. The summed E-state index contributed by atoms with van der Waals surface area (Å²) < 4.78 is 5.50. The van der Waals surface area contributed by atoms with Crippen LogP contribution in [-0.2, 0) is 36.8 Å². The van der Waals surface area contributed by atoms with Crippen molar-refractivity contribution in [2.75, 3.05) is 6.54 Å². The largest absolute Gasteiger partial charge is 0.444 e. The van der Waals surface area contributed by atoms with Gasteiger partial charge < -0.3 is 26.0 Å². The summed E-state index contributed by atoms with van der Waals surface area (Å²) in [5, 5.41) is 5.55. The standard InChI is InChI=1S/C30H42N4O6/c1-7-10-20(24(35)25(31)36)32-26(37)23-21-19(30(21,5)6)15-34(23)27(38)22(33-28(39)40-29(2,3)4)18-13-16-11-8-9-12-17(16)14-18/h8-9,11-12,18-23H,7,10,13-15H2,1-6H3,(H2,31,36)(H,32,37)(H,33,39)/t19?,20?,21?,22?,23-/m0/s1. The van der Waals surface area contributed by atoms with Crippen molar-refractivity contribution >= 4 is 29.6 Å². The normalized spacial score (nSPS) is 24.4. The van der Waals surface area contributed by atoms with Crippen molar-refractivity contribution in [1.29, 1.82) is 0 Å². The van der Waals surface area contributed by atoms with Gasteiger partial charge in [-0.25, -0.2) is 4.79 Å². The van der Waals surface area contributed by atoms with Crippen molar-refractivity contribution in [1.82, 2.24) is 15.5 Å². The summed E-state index contributed by atoms with van der Waals surface area (Å²) in [6.07, 6.45) is 1.34. The zero-order valence-corrected chi connectivity index (χ0v) is 24.3. The van der Waals surface area contributed by atoms with Crippen LogP contribution >= 0.6 is 0 Å². The molecule has 218 valence electrons. The molecule has 4 rings (SSSR count). The van der Waals surface area contributed by atoms with Crippen LogP contribution in [0.25, 0.3) is 0 Å². The molecule has 0 aromatic heterocycles. The molecule has 1 aromatic rings. The molecule has 1 saturated heterocycles. The number of hydrogen-bond donors (Lipinski definition) is 3. The van der Waals surface area contributed by atoms with Gasteiger partial charge in [0.2, 0.25) is 17.6 Å². The van der Waals surface area contributed by atoms with Gasteiger partial charge in [-0.05, 0) is 74.3 Å². The Balaban J connectivity index is 1.60. The Hall–Kier alpha value is -3.43. The molecule has 1 saturated carbocycles. The molecule has 2 fully saturated rings. The first-order chi connectivity index (χ1) is 18.7. The summed E-state index contributed by atoms with van der Waals surface area (Å²) in [5.41, 5.74) is 6.57. The van der Waals surface area contributed by atoms with E-state index in [4.69, 9.17) is 10.5 Å². The number of ketones is 1. The van der Waals surface area contributed by atoms with Gasteiger partial charge in [0.05, 0.1) is 6.04 Å². The number of amides is 4. The molecule has 2 aliphatic carbocycles. The number of likely N-dealkylation sites (tertiary alicyclic amines) is 1. The van der Waals surface area contributed by atoms with Crippen molar-refractivity contribution in [3.63, 3.8) is 0 Å². The molecule has 10 nitrogen and oxygen atoms in total. The number of piperidine rings is 1. The van der Waals surface area contributed by atoms with Gasteiger partial charge in [-0.1, -0.05) is 51.5 Å². The first-order valence-electron chi connectivity index (χ1n) is 14.2. The van der Waals surface area contributed by atoms with Crippen LogP contribution in [0.15, 0.2) is 24.3 Å². The number of nitrogens with one attached hydrogen (secondary N) is 2. The van der Waals surface area contributed by atoms with E-state index in [1.807, 2.05) is 31.2 Å². The number of nitrogens with two attached hydrogens (primary N) is 1. The van der Waals surface area contributed by atoms with E-state index in [1.54, 1.807) is 25.7 Å². The smallest absolute Gasteiger partial charge is 0.408 e. The lowest BCUT2D eigenvalue weighted by molar-refractivity contribution is -0.144. The van der Waals surface area contributed by atoms with Gasteiger partial charge in [0.1, 0.15) is 17.7 Å². The maximum absolute atomic E-state index is 14.3. The van der Waals surface area contributed by atoms with Crippen molar-refractivity contribution in [3.05, 3.63) is 35.4 Å². The van der Waals surface area contributed by atoms with E-state index in [0.717, 1.165) is 11.1 Å². The van der Waals surface area contributed by atoms with Gasteiger partial charge in [0, 0.05) is 6.54 Å². The number of alkyl carbamates (subject to hydrolysis) is 1. The third kappa shape index (κ3) is 5.86. The summed E-state index contributed by atoms with van der Waals surface area (Å²) in [7, 11) is 0. The summed E-state index contributed by atoms with van der Waals surface area (Å²) in [5.74, 6) is -3.01. The average molecular weight is 555 g/mol. The minimum atomic E-state index is -1.11. The summed E-state index contributed by atoms with van der Waals surface area (Å²) in [6, 6.07) is 5.17. The van der Waals surface area contributed by atoms with Crippen LogP contribution in [0.2, 0.25) is 0 Å². The molecular formula is C30H42N4O6. The zero-order chi connectivity index (χ0) is 29.6. The number of primary amides is 1. The predicted molar refractivity (Wildman–Crippen MR) is 148 cm³/mol. The van der Waals surface area contributed by atoms with Gasteiger partial charge in [0.25, 0.3) is 5.91 Å². The second kappa shape index (κ2) is 10.9. The van der Waals surface area contributed by atoms with Gasteiger partial charge in [0.15, 0.2) is 0 Å². The number of fused-ring (bicyclic) bond motifs is 2. The Morgan fingerprint density at radius 1 is 1.07 bits per heavy atom. The highest BCUT2D eigenvalue weighted by molar-refractivity contribution is 6.37. The molecule has 0 spiro atoms. The van der Waals surface area contributed by atoms with E-state index in [0.29, 0.717) is 25.8 Å². The van der Waals surface area contributed by atoms with Gasteiger partial charge >= 0.3 is 6.09 Å². The number of carbonyl (C=O) groups excluding carboxylic acids is 5. The van der Waals surface area contributed by atoms with E-state index >= 15 is 0 Å². The Morgan fingerprint density at radius 3 is 2.20 bits per heavy atom. The van der Waals surface area contributed by atoms with Crippen LogP contribution in [-0.4, -0.2) is 64.8 Å². The summed E-state index contributed by atoms with van der Waals surface area (Å²) in [4.78, 5) is 66.4. The van der Waals surface area contributed by atoms with E-state index < -0.39 is 47.4 Å². The topological polar surface area (TPSA) is 148 Å². The lowest BCUT2D eigenvalue weighted by Gasteiger charge is -2.35. The number of ether oxygens (including phenoxy) is 1. The molecular weight excluding hydrogens is 512 g/mol. The van der Waals surface area contributed by atoms with Crippen molar-refractivity contribution in [2.24, 2.45) is 28.9 Å². The van der Waals surface area contributed by atoms with E-state index in [1.165, 1.54) is 0 Å². The molecule has 4 unspecified atom stereocenters. The van der Waals surface area contributed by atoms with Crippen LogP contribution in [0.3, 0.4) is 0 Å². The molecule has 1 aliphatic heterocycles. The second-order valence-electron chi connectivity index (χ2n) is 13.0. The van der Waals surface area contributed by atoms with Crippen LogP contribution in [0.5, 0.6) is 0 Å². The fourth-order valence-electron chi connectivity index (χ4n) is 6.62. The molecule has 4 N–H and O–H groups in total. The fourth-order valence-corrected chi connectivity index (χ4v) is 6.62.